The smallest absolute Gasteiger partial charge is 0.226 e. The van der Waals surface area contributed by atoms with Gasteiger partial charge in [-0.3, -0.25) is 0 Å². The first-order chi connectivity index (χ1) is 11.5. The molecule has 5 nitrogen and oxygen atoms in total. The van der Waals surface area contributed by atoms with Gasteiger partial charge in [-0.05, 0) is 55.6 Å². The van der Waals surface area contributed by atoms with Crippen LogP contribution < -0.4 is 4.72 Å². The van der Waals surface area contributed by atoms with Crippen LogP contribution >= 0.6 is 0 Å². The highest BCUT2D eigenvalue weighted by atomic mass is 32.2. The second-order valence-corrected chi connectivity index (χ2v) is 9.04. The third kappa shape index (κ3) is 3.26. The number of rotatable bonds is 6. The molecule has 0 unspecified atom stereocenters. The van der Waals surface area contributed by atoms with Gasteiger partial charge in [-0.2, -0.15) is 0 Å². The molecule has 0 radical (unpaired) electrons. The van der Waals surface area contributed by atoms with Crippen molar-refractivity contribution in [2.24, 2.45) is 11.3 Å². The van der Waals surface area contributed by atoms with E-state index in [0.717, 1.165) is 30.7 Å². The summed E-state index contributed by atoms with van der Waals surface area (Å²) < 4.78 is 33.0. The van der Waals surface area contributed by atoms with E-state index < -0.39 is 10.0 Å². The lowest BCUT2D eigenvalue weighted by molar-refractivity contribution is 0.332. The molecule has 2 fully saturated rings. The third-order valence-electron chi connectivity index (χ3n) is 5.43. The Morgan fingerprint density at radius 1 is 1.21 bits per heavy atom. The van der Waals surface area contributed by atoms with Crippen LogP contribution in [0.5, 0.6) is 0 Å². The topological polar surface area (TPSA) is 72.2 Å². The third-order valence-corrected chi connectivity index (χ3v) is 7.01. The molecule has 4 rings (SSSR count). The average molecular weight is 346 g/mol. The summed E-state index contributed by atoms with van der Waals surface area (Å²) in [4.78, 5) is 4.37. The molecule has 0 aliphatic heterocycles. The molecule has 1 aromatic heterocycles. The zero-order chi connectivity index (χ0) is 16.6. The van der Waals surface area contributed by atoms with Crippen molar-refractivity contribution in [2.45, 2.75) is 38.6 Å². The lowest BCUT2D eigenvalue weighted by Gasteiger charge is -2.25. The summed E-state index contributed by atoms with van der Waals surface area (Å²) in [6, 6.07) is 9.58. The summed E-state index contributed by atoms with van der Waals surface area (Å²) in [7, 11) is -3.29. The van der Waals surface area contributed by atoms with E-state index in [2.05, 4.69) is 9.71 Å². The van der Waals surface area contributed by atoms with Gasteiger partial charge < -0.3 is 4.42 Å². The first-order valence-corrected chi connectivity index (χ1v) is 10.2. The Hall–Kier alpha value is -1.66. The SMILES string of the molecule is O=S(=O)(CC12CCC(CC1)C2)NCc1coc(-c2ccccc2)n1. The van der Waals surface area contributed by atoms with Crippen LogP contribution in [-0.4, -0.2) is 19.2 Å². The van der Waals surface area contributed by atoms with Crippen LogP contribution in [0.25, 0.3) is 11.5 Å². The van der Waals surface area contributed by atoms with E-state index in [0.29, 0.717) is 11.6 Å². The van der Waals surface area contributed by atoms with Crippen LogP contribution in [0.15, 0.2) is 41.0 Å². The molecule has 128 valence electrons. The van der Waals surface area contributed by atoms with Crippen molar-refractivity contribution in [3.05, 3.63) is 42.3 Å². The highest BCUT2D eigenvalue weighted by Crippen LogP contribution is 2.54. The number of aromatic nitrogens is 1. The fraction of sp³-hybridized carbons (Fsp3) is 0.500. The summed E-state index contributed by atoms with van der Waals surface area (Å²) >= 11 is 0. The molecular formula is C18H22N2O3S. The minimum atomic E-state index is -3.29. The number of fused-ring (bicyclic) bond motifs is 2. The van der Waals surface area contributed by atoms with Crippen LogP contribution in [0.4, 0.5) is 0 Å². The quantitative estimate of drug-likeness (QED) is 0.871. The van der Waals surface area contributed by atoms with Crippen molar-refractivity contribution in [3.8, 4) is 11.5 Å². The minimum Gasteiger partial charge on any atom is -0.444 e. The van der Waals surface area contributed by atoms with Gasteiger partial charge in [0.05, 0.1) is 18.0 Å². The highest BCUT2D eigenvalue weighted by Gasteiger charge is 2.47. The zero-order valence-electron chi connectivity index (χ0n) is 13.6. The van der Waals surface area contributed by atoms with Gasteiger partial charge in [0.15, 0.2) is 0 Å². The van der Waals surface area contributed by atoms with Gasteiger partial charge in [-0.15, -0.1) is 0 Å². The van der Waals surface area contributed by atoms with E-state index >= 15 is 0 Å². The maximum atomic E-state index is 12.4. The molecule has 2 aliphatic carbocycles. The summed E-state index contributed by atoms with van der Waals surface area (Å²) in [5.74, 6) is 1.52. The number of benzene rings is 1. The molecule has 1 N–H and O–H groups in total. The summed E-state index contributed by atoms with van der Waals surface area (Å²) in [6.45, 7) is 0.179. The Morgan fingerprint density at radius 3 is 2.62 bits per heavy atom. The first kappa shape index (κ1) is 15.8. The molecule has 6 heteroatoms. The van der Waals surface area contributed by atoms with E-state index in [1.54, 1.807) is 0 Å². The van der Waals surface area contributed by atoms with Gasteiger partial charge >= 0.3 is 0 Å². The number of sulfonamides is 1. The normalized spacial score (nSPS) is 26.1. The highest BCUT2D eigenvalue weighted by molar-refractivity contribution is 7.89. The second kappa shape index (κ2) is 6.01. The lowest BCUT2D eigenvalue weighted by Crippen LogP contribution is -2.34. The molecule has 2 aliphatic rings. The van der Waals surface area contributed by atoms with Crippen LogP contribution in [0.1, 0.15) is 37.8 Å². The van der Waals surface area contributed by atoms with Crippen LogP contribution in [-0.2, 0) is 16.6 Å². The Morgan fingerprint density at radius 2 is 1.96 bits per heavy atom. The molecule has 0 spiro atoms. The molecule has 2 saturated carbocycles. The van der Waals surface area contributed by atoms with Crippen molar-refractivity contribution in [3.63, 3.8) is 0 Å². The number of hydrogen-bond donors (Lipinski definition) is 1. The summed E-state index contributed by atoms with van der Waals surface area (Å²) in [6.07, 6.45) is 7.10. The number of nitrogens with zero attached hydrogens (tertiary/aromatic N) is 1. The van der Waals surface area contributed by atoms with E-state index in [4.69, 9.17) is 4.42 Å². The maximum Gasteiger partial charge on any atom is 0.226 e. The van der Waals surface area contributed by atoms with Crippen molar-refractivity contribution in [1.29, 1.82) is 0 Å². The molecule has 1 heterocycles. The molecule has 2 aromatic rings. The van der Waals surface area contributed by atoms with Gasteiger partial charge in [0.1, 0.15) is 6.26 Å². The van der Waals surface area contributed by atoms with Gasteiger partial charge in [0.25, 0.3) is 0 Å². The lowest BCUT2D eigenvalue weighted by atomic mass is 9.87. The maximum absolute atomic E-state index is 12.4. The molecule has 0 atom stereocenters. The van der Waals surface area contributed by atoms with Crippen LogP contribution in [0.2, 0.25) is 0 Å². The molecule has 0 amide bonds. The van der Waals surface area contributed by atoms with Crippen molar-refractivity contribution in [2.75, 3.05) is 5.75 Å². The summed E-state index contributed by atoms with van der Waals surface area (Å²) in [5.41, 5.74) is 1.51. The van der Waals surface area contributed by atoms with E-state index in [-0.39, 0.29) is 17.7 Å². The Labute approximate surface area is 142 Å². The van der Waals surface area contributed by atoms with Gasteiger partial charge in [0, 0.05) is 5.56 Å². The Balaban J connectivity index is 1.39. The van der Waals surface area contributed by atoms with Gasteiger partial charge in [-0.1, -0.05) is 18.2 Å². The number of oxazole rings is 1. The van der Waals surface area contributed by atoms with Crippen LogP contribution in [0.3, 0.4) is 0 Å². The molecular weight excluding hydrogens is 324 g/mol. The molecule has 1 aromatic carbocycles. The number of nitrogens with one attached hydrogen (secondary N) is 1. The van der Waals surface area contributed by atoms with E-state index in [1.165, 1.54) is 19.1 Å². The largest absolute Gasteiger partial charge is 0.444 e. The van der Waals surface area contributed by atoms with Gasteiger partial charge in [-0.25, -0.2) is 18.1 Å². The zero-order valence-corrected chi connectivity index (χ0v) is 14.4. The minimum absolute atomic E-state index is 0.0233. The summed E-state index contributed by atoms with van der Waals surface area (Å²) in [5, 5.41) is 0. The fourth-order valence-corrected chi connectivity index (χ4v) is 5.94. The molecule has 24 heavy (non-hydrogen) atoms. The van der Waals surface area contributed by atoms with Crippen molar-refractivity contribution < 1.29 is 12.8 Å². The average Bonchev–Trinajstić information content (AvgIpc) is 3.29. The fourth-order valence-electron chi connectivity index (χ4n) is 4.25. The predicted octanol–water partition coefficient (Wildman–Crippen LogP) is 3.34. The van der Waals surface area contributed by atoms with Crippen molar-refractivity contribution in [1.82, 2.24) is 9.71 Å². The second-order valence-electron chi connectivity index (χ2n) is 7.24. The molecule has 2 bridgehead atoms. The van der Waals surface area contributed by atoms with Crippen LogP contribution in [0, 0.1) is 11.3 Å². The molecule has 0 saturated heterocycles. The monoisotopic (exact) mass is 346 g/mol. The first-order valence-electron chi connectivity index (χ1n) is 8.51. The van der Waals surface area contributed by atoms with Crippen molar-refractivity contribution >= 4 is 10.0 Å². The Kier molecular flexibility index (Phi) is 3.96. The van der Waals surface area contributed by atoms with Gasteiger partial charge in [0.2, 0.25) is 15.9 Å². The Bertz CT molecular complexity index is 806. The van der Waals surface area contributed by atoms with E-state index in [1.807, 2.05) is 30.3 Å². The standard InChI is InChI=1S/C18H22N2O3S/c21-24(22,13-18-8-6-14(10-18)7-9-18)19-11-16-12-23-17(20-16)15-4-2-1-3-5-15/h1-5,12,14,19H,6-11,13H2. The predicted molar refractivity (Wildman–Crippen MR) is 91.6 cm³/mol. The number of hydrogen-bond acceptors (Lipinski definition) is 4. The van der Waals surface area contributed by atoms with E-state index in [9.17, 15) is 8.42 Å².